The Kier molecular flexibility index (Phi) is 5.74. The summed E-state index contributed by atoms with van der Waals surface area (Å²) in [7, 11) is -3.47. The molecule has 0 heterocycles. The number of benzene rings is 1. The molecule has 0 radical (unpaired) electrons. The molecule has 1 aromatic carbocycles. The molecule has 0 aromatic heterocycles. The molecule has 1 atom stereocenters. The molecule has 1 rings (SSSR count). The van der Waals surface area contributed by atoms with Gasteiger partial charge in [0.25, 0.3) is 0 Å². The molecule has 0 aliphatic heterocycles. The third-order valence-corrected chi connectivity index (χ3v) is 5.15. The van der Waals surface area contributed by atoms with Crippen molar-refractivity contribution in [2.45, 2.75) is 51.6 Å². The normalized spacial score (nSPS) is 14.2. The van der Waals surface area contributed by atoms with Crippen LogP contribution < -0.4 is 5.73 Å². The molecule has 1 unspecified atom stereocenters. The Bertz CT molecular complexity index is 537. The lowest BCUT2D eigenvalue weighted by molar-refractivity contribution is 0.319. The van der Waals surface area contributed by atoms with Crippen LogP contribution in [-0.4, -0.2) is 25.3 Å². The molecule has 5 heteroatoms. The summed E-state index contributed by atoms with van der Waals surface area (Å²) >= 11 is 0. The van der Waals surface area contributed by atoms with Gasteiger partial charge in [0.05, 0.1) is 4.90 Å². The van der Waals surface area contributed by atoms with Gasteiger partial charge in [-0.05, 0) is 44.4 Å². The van der Waals surface area contributed by atoms with Crippen LogP contribution in [0, 0.1) is 5.92 Å². The molecule has 0 aliphatic carbocycles. The van der Waals surface area contributed by atoms with Crippen molar-refractivity contribution in [3.63, 3.8) is 0 Å². The highest BCUT2D eigenvalue weighted by molar-refractivity contribution is 7.89. The summed E-state index contributed by atoms with van der Waals surface area (Å²) in [5, 5.41) is 0. The van der Waals surface area contributed by atoms with Crippen molar-refractivity contribution in [2.24, 2.45) is 11.7 Å². The Morgan fingerprint density at radius 1 is 1.15 bits per heavy atom. The van der Waals surface area contributed by atoms with Gasteiger partial charge < -0.3 is 5.73 Å². The highest BCUT2D eigenvalue weighted by Crippen LogP contribution is 2.22. The summed E-state index contributed by atoms with van der Waals surface area (Å²) in [5.41, 5.74) is 6.67. The summed E-state index contributed by atoms with van der Waals surface area (Å²) in [6.07, 6.45) is 0. The van der Waals surface area contributed by atoms with Crippen molar-refractivity contribution in [1.29, 1.82) is 0 Å². The highest BCUT2D eigenvalue weighted by Gasteiger charge is 2.27. The maximum atomic E-state index is 12.8. The first-order valence-electron chi connectivity index (χ1n) is 7.03. The fraction of sp³-hybridized carbons (Fsp3) is 0.600. The van der Waals surface area contributed by atoms with Crippen LogP contribution >= 0.6 is 0 Å². The van der Waals surface area contributed by atoms with E-state index in [1.54, 1.807) is 22.5 Å². The standard InChI is InChI=1S/C15H26N2O2S/c1-11(2)10-17(12(3)4)20(18,19)15-8-6-7-14(9-15)13(5)16/h6-9,11-13H,10,16H2,1-5H3. The van der Waals surface area contributed by atoms with Crippen LogP contribution in [0.4, 0.5) is 0 Å². The van der Waals surface area contributed by atoms with Crippen molar-refractivity contribution in [1.82, 2.24) is 4.31 Å². The molecule has 0 fully saturated rings. The molecule has 0 saturated heterocycles. The van der Waals surface area contributed by atoms with Crippen molar-refractivity contribution in [3.8, 4) is 0 Å². The van der Waals surface area contributed by atoms with E-state index in [9.17, 15) is 8.42 Å². The van der Waals surface area contributed by atoms with E-state index in [2.05, 4.69) is 0 Å². The van der Waals surface area contributed by atoms with Gasteiger partial charge in [0, 0.05) is 18.6 Å². The summed E-state index contributed by atoms with van der Waals surface area (Å²) in [5.74, 6) is 0.281. The zero-order valence-corrected chi connectivity index (χ0v) is 13.8. The van der Waals surface area contributed by atoms with E-state index in [-0.39, 0.29) is 18.0 Å². The van der Waals surface area contributed by atoms with Crippen LogP contribution in [0.2, 0.25) is 0 Å². The zero-order chi connectivity index (χ0) is 15.5. The molecular weight excluding hydrogens is 272 g/mol. The van der Waals surface area contributed by atoms with Crippen LogP contribution in [0.3, 0.4) is 0 Å². The third kappa shape index (κ3) is 4.04. The predicted molar refractivity (Wildman–Crippen MR) is 82.9 cm³/mol. The van der Waals surface area contributed by atoms with Crippen LogP contribution in [0.1, 0.15) is 46.2 Å². The van der Waals surface area contributed by atoms with Crippen LogP contribution in [0.5, 0.6) is 0 Å². The molecule has 0 bridgehead atoms. The number of hydrogen-bond acceptors (Lipinski definition) is 3. The largest absolute Gasteiger partial charge is 0.324 e. The van der Waals surface area contributed by atoms with Crippen molar-refractivity contribution in [2.75, 3.05) is 6.54 Å². The summed E-state index contributed by atoms with van der Waals surface area (Å²) in [4.78, 5) is 0.321. The van der Waals surface area contributed by atoms with Gasteiger partial charge >= 0.3 is 0 Å². The lowest BCUT2D eigenvalue weighted by Crippen LogP contribution is -2.39. The number of nitrogens with zero attached hydrogens (tertiary/aromatic N) is 1. The fourth-order valence-corrected chi connectivity index (χ4v) is 3.90. The Morgan fingerprint density at radius 2 is 1.75 bits per heavy atom. The molecule has 0 amide bonds. The van der Waals surface area contributed by atoms with Gasteiger partial charge in [-0.3, -0.25) is 0 Å². The molecule has 4 nitrogen and oxygen atoms in total. The smallest absolute Gasteiger partial charge is 0.243 e. The number of sulfonamides is 1. The number of hydrogen-bond donors (Lipinski definition) is 1. The van der Waals surface area contributed by atoms with Crippen molar-refractivity contribution >= 4 is 10.0 Å². The van der Waals surface area contributed by atoms with Gasteiger partial charge in [0.1, 0.15) is 0 Å². The van der Waals surface area contributed by atoms with Crippen LogP contribution in [0.25, 0.3) is 0 Å². The second kappa shape index (κ2) is 6.70. The fourth-order valence-electron chi connectivity index (χ4n) is 2.04. The van der Waals surface area contributed by atoms with Crippen molar-refractivity contribution < 1.29 is 8.42 Å². The van der Waals surface area contributed by atoms with Crippen LogP contribution in [-0.2, 0) is 10.0 Å². The first kappa shape index (κ1) is 17.1. The summed E-state index contributed by atoms with van der Waals surface area (Å²) < 4.78 is 27.1. The van der Waals surface area contributed by atoms with Gasteiger partial charge in [-0.2, -0.15) is 4.31 Å². The summed E-state index contributed by atoms with van der Waals surface area (Å²) in [6, 6.07) is 6.67. The maximum absolute atomic E-state index is 12.8. The zero-order valence-electron chi connectivity index (χ0n) is 13.0. The number of nitrogens with two attached hydrogens (primary N) is 1. The van der Waals surface area contributed by atoms with Gasteiger partial charge in [0.15, 0.2) is 0 Å². The predicted octanol–water partition coefficient (Wildman–Crippen LogP) is 2.76. The minimum absolute atomic E-state index is 0.0682. The lowest BCUT2D eigenvalue weighted by Gasteiger charge is -2.27. The molecule has 2 N–H and O–H groups in total. The third-order valence-electron chi connectivity index (χ3n) is 3.11. The average molecular weight is 298 g/mol. The van der Waals surface area contributed by atoms with Crippen molar-refractivity contribution in [3.05, 3.63) is 29.8 Å². The molecular formula is C15H26N2O2S. The van der Waals surface area contributed by atoms with E-state index in [1.165, 1.54) is 0 Å². The molecule has 0 aliphatic rings. The van der Waals surface area contributed by atoms with E-state index < -0.39 is 10.0 Å². The van der Waals surface area contributed by atoms with Gasteiger partial charge in [-0.1, -0.05) is 26.0 Å². The van der Waals surface area contributed by atoms with Gasteiger partial charge in [0.2, 0.25) is 10.0 Å². The van der Waals surface area contributed by atoms with E-state index >= 15 is 0 Å². The second-order valence-corrected chi connectivity index (χ2v) is 7.81. The monoisotopic (exact) mass is 298 g/mol. The minimum atomic E-state index is -3.47. The molecule has 20 heavy (non-hydrogen) atoms. The summed E-state index contributed by atoms with van der Waals surface area (Å²) in [6.45, 7) is 10.2. The highest BCUT2D eigenvalue weighted by atomic mass is 32.2. The first-order valence-corrected chi connectivity index (χ1v) is 8.47. The Morgan fingerprint density at radius 3 is 2.20 bits per heavy atom. The molecule has 114 valence electrons. The topological polar surface area (TPSA) is 63.4 Å². The SMILES string of the molecule is CC(C)CN(C(C)C)S(=O)(=O)c1cccc(C(C)N)c1. The van der Waals surface area contributed by atoms with Gasteiger partial charge in [-0.15, -0.1) is 0 Å². The molecule has 1 aromatic rings. The van der Waals surface area contributed by atoms with E-state index in [1.807, 2.05) is 40.7 Å². The first-order chi connectivity index (χ1) is 9.16. The Labute approximate surface area is 123 Å². The molecule has 0 spiro atoms. The maximum Gasteiger partial charge on any atom is 0.243 e. The minimum Gasteiger partial charge on any atom is -0.324 e. The van der Waals surface area contributed by atoms with E-state index in [0.717, 1.165) is 5.56 Å². The van der Waals surface area contributed by atoms with Crippen LogP contribution in [0.15, 0.2) is 29.2 Å². The molecule has 0 saturated carbocycles. The van der Waals surface area contributed by atoms with E-state index in [4.69, 9.17) is 5.73 Å². The lowest BCUT2D eigenvalue weighted by atomic mass is 10.1. The second-order valence-electron chi connectivity index (χ2n) is 5.92. The Hall–Kier alpha value is -0.910. The van der Waals surface area contributed by atoms with E-state index in [0.29, 0.717) is 11.4 Å². The van der Waals surface area contributed by atoms with Gasteiger partial charge in [-0.25, -0.2) is 8.42 Å². The quantitative estimate of drug-likeness (QED) is 0.878. The Balaban J connectivity index is 3.22. The number of rotatable bonds is 6. The average Bonchev–Trinajstić information content (AvgIpc) is 2.35.